The first-order valence-corrected chi connectivity index (χ1v) is 7.74. The summed E-state index contributed by atoms with van der Waals surface area (Å²) in [5.74, 6) is 2.26. The zero-order chi connectivity index (χ0) is 13.1. The van der Waals surface area contributed by atoms with Crippen LogP contribution in [0, 0.1) is 5.92 Å². The number of thioether (sulfide) groups is 1. The summed E-state index contributed by atoms with van der Waals surface area (Å²) in [6.07, 6.45) is 2.34. The molecule has 100 valence electrons. The molecule has 0 aliphatic carbocycles. The van der Waals surface area contributed by atoms with Gasteiger partial charge < -0.3 is 9.84 Å². The number of phenols is 1. The van der Waals surface area contributed by atoms with Crippen LogP contribution in [0.2, 0.25) is 0 Å². The van der Waals surface area contributed by atoms with Crippen LogP contribution in [-0.4, -0.2) is 24.1 Å². The average Bonchev–Trinajstić information content (AvgIpc) is 2.48. The largest absolute Gasteiger partial charge is 0.507 e. The lowest BCUT2D eigenvalue weighted by Gasteiger charge is -2.21. The van der Waals surface area contributed by atoms with Gasteiger partial charge in [-0.2, -0.15) is 0 Å². The van der Waals surface area contributed by atoms with Gasteiger partial charge in [-0.25, -0.2) is 0 Å². The van der Waals surface area contributed by atoms with Gasteiger partial charge >= 0.3 is 0 Å². The molecule has 1 aliphatic heterocycles. The molecule has 2 aromatic carbocycles. The number of ether oxygens (including phenoxy) is 1. The molecule has 19 heavy (non-hydrogen) atoms. The highest BCUT2D eigenvalue weighted by Gasteiger charge is 2.14. The molecular weight excluding hydrogens is 256 g/mol. The number of fused-ring (bicyclic) bond motifs is 1. The summed E-state index contributed by atoms with van der Waals surface area (Å²) in [5, 5.41) is 12.0. The quantitative estimate of drug-likeness (QED) is 0.856. The number of aromatic hydroxyl groups is 1. The third-order valence-corrected chi connectivity index (χ3v) is 4.98. The van der Waals surface area contributed by atoms with Gasteiger partial charge in [-0.15, -0.1) is 11.8 Å². The van der Waals surface area contributed by atoms with E-state index in [2.05, 4.69) is 6.07 Å². The fourth-order valence-corrected chi connectivity index (χ4v) is 3.75. The van der Waals surface area contributed by atoms with E-state index in [4.69, 9.17) is 4.74 Å². The van der Waals surface area contributed by atoms with E-state index in [9.17, 15) is 5.11 Å². The van der Waals surface area contributed by atoms with Crippen molar-refractivity contribution in [2.75, 3.05) is 19.0 Å². The summed E-state index contributed by atoms with van der Waals surface area (Å²) in [5.41, 5.74) is 0. The second-order valence-corrected chi connectivity index (χ2v) is 6.06. The molecule has 0 amide bonds. The fraction of sp³-hybridized carbons (Fsp3) is 0.375. The van der Waals surface area contributed by atoms with Crippen LogP contribution in [0.15, 0.2) is 41.3 Å². The first-order valence-electron chi connectivity index (χ1n) is 6.76. The zero-order valence-electron chi connectivity index (χ0n) is 10.8. The lowest BCUT2D eigenvalue weighted by Crippen LogP contribution is -2.17. The Morgan fingerprint density at radius 1 is 1.05 bits per heavy atom. The highest BCUT2D eigenvalue weighted by molar-refractivity contribution is 7.99. The van der Waals surface area contributed by atoms with Crippen molar-refractivity contribution >= 4 is 22.5 Å². The maximum absolute atomic E-state index is 9.89. The topological polar surface area (TPSA) is 29.5 Å². The molecule has 2 aromatic rings. The Morgan fingerprint density at radius 2 is 1.79 bits per heavy atom. The van der Waals surface area contributed by atoms with Gasteiger partial charge in [0.1, 0.15) is 5.75 Å². The van der Waals surface area contributed by atoms with Crippen LogP contribution in [0.3, 0.4) is 0 Å². The van der Waals surface area contributed by atoms with Crippen LogP contribution in [0.1, 0.15) is 12.8 Å². The van der Waals surface area contributed by atoms with Crippen molar-refractivity contribution in [1.29, 1.82) is 0 Å². The minimum Gasteiger partial charge on any atom is -0.507 e. The van der Waals surface area contributed by atoms with E-state index in [0.717, 1.165) is 35.7 Å². The van der Waals surface area contributed by atoms with Gasteiger partial charge in [-0.1, -0.05) is 24.3 Å². The SMILES string of the molecule is Oc1ccc(SCC2CCOCC2)c2ccccc12. The Balaban J connectivity index is 1.79. The van der Waals surface area contributed by atoms with E-state index in [0.29, 0.717) is 5.75 Å². The number of rotatable bonds is 3. The molecule has 0 atom stereocenters. The molecule has 1 aliphatic rings. The number of hydrogen-bond acceptors (Lipinski definition) is 3. The van der Waals surface area contributed by atoms with Crippen molar-refractivity contribution in [3.05, 3.63) is 36.4 Å². The maximum Gasteiger partial charge on any atom is 0.123 e. The van der Waals surface area contributed by atoms with Crippen LogP contribution in [-0.2, 0) is 4.74 Å². The van der Waals surface area contributed by atoms with E-state index in [-0.39, 0.29) is 0 Å². The molecule has 0 radical (unpaired) electrons. The van der Waals surface area contributed by atoms with E-state index in [1.807, 2.05) is 36.0 Å². The molecule has 0 unspecified atom stereocenters. The van der Waals surface area contributed by atoms with Gasteiger partial charge in [-0.3, -0.25) is 0 Å². The van der Waals surface area contributed by atoms with Crippen LogP contribution in [0.25, 0.3) is 10.8 Å². The molecule has 0 saturated carbocycles. The summed E-state index contributed by atoms with van der Waals surface area (Å²) in [7, 11) is 0. The lowest BCUT2D eigenvalue weighted by molar-refractivity contribution is 0.0728. The van der Waals surface area contributed by atoms with Gasteiger partial charge in [0.15, 0.2) is 0 Å². The van der Waals surface area contributed by atoms with Crippen LogP contribution >= 0.6 is 11.8 Å². The Labute approximate surface area is 117 Å². The second-order valence-electron chi connectivity index (χ2n) is 5.00. The molecule has 1 saturated heterocycles. The van der Waals surface area contributed by atoms with E-state index in [1.165, 1.54) is 17.7 Å². The molecule has 1 heterocycles. The number of benzene rings is 2. The summed E-state index contributed by atoms with van der Waals surface area (Å²) >= 11 is 1.90. The predicted molar refractivity (Wildman–Crippen MR) is 79.9 cm³/mol. The third-order valence-electron chi connectivity index (χ3n) is 3.68. The first kappa shape index (κ1) is 12.8. The highest BCUT2D eigenvalue weighted by atomic mass is 32.2. The molecule has 1 N–H and O–H groups in total. The minimum absolute atomic E-state index is 0.367. The normalized spacial score (nSPS) is 16.8. The summed E-state index contributed by atoms with van der Waals surface area (Å²) < 4.78 is 5.40. The average molecular weight is 274 g/mol. The molecule has 0 aromatic heterocycles. The van der Waals surface area contributed by atoms with Crippen molar-refractivity contribution in [2.45, 2.75) is 17.7 Å². The summed E-state index contributed by atoms with van der Waals surface area (Å²) in [6, 6.07) is 11.9. The van der Waals surface area contributed by atoms with Crippen molar-refractivity contribution in [2.24, 2.45) is 5.92 Å². The monoisotopic (exact) mass is 274 g/mol. The van der Waals surface area contributed by atoms with Crippen molar-refractivity contribution in [3.8, 4) is 5.75 Å². The van der Waals surface area contributed by atoms with Crippen LogP contribution < -0.4 is 0 Å². The smallest absolute Gasteiger partial charge is 0.123 e. The Kier molecular flexibility index (Phi) is 3.95. The Morgan fingerprint density at radius 3 is 2.58 bits per heavy atom. The van der Waals surface area contributed by atoms with Crippen LogP contribution in [0.5, 0.6) is 5.75 Å². The van der Waals surface area contributed by atoms with Gasteiger partial charge in [0, 0.05) is 29.2 Å². The molecule has 0 bridgehead atoms. The fourth-order valence-electron chi connectivity index (χ4n) is 2.50. The molecule has 2 nitrogen and oxygen atoms in total. The highest BCUT2D eigenvalue weighted by Crippen LogP contribution is 2.35. The minimum atomic E-state index is 0.367. The van der Waals surface area contributed by atoms with Crippen molar-refractivity contribution < 1.29 is 9.84 Å². The lowest BCUT2D eigenvalue weighted by atomic mass is 10.0. The second kappa shape index (κ2) is 5.85. The summed E-state index contributed by atoms with van der Waals surface area (Å²) in [6.45, 7) is 1.81. The third kappa shape index (κ3) is 2.88. The van der Waals surface area contributed by atoms with Crippen molar-refractivity contribution in [1.82, 2.24) is 0 Å². The summed E-state index contributed by atoms with van der Waals surface area (Å²) in [4.78, 5) is 1.26. The predicted octanol–water partition coefficient (Wildman–Crippen LogP) is 4.06. The number of hydrogen-bond donors (Lipinski definition) is 1. The molecule has 1 fully saturated rings. The van der Waals surface area contributed by atoms with Crippen LogP contribution in [0.4, 0.5) is 0 Å². The van der Waals surface area contributed by atoms with E-state index in [1.54, 1.807) is 6.07 Å². The van der Waals surface area contributed by atoms with E-state index >= 15 is 0 Å². The first-order chi connectivity index (χ1) is 9.34. The zero-order valence-corrected chi connectivity index (χ0v) is 11.7. The maximum atomic E-state index is 9.89. The van der Waals surface area contributed by atoms with E-state index < -0.39 is 0 Å². The standard InChI is InChI=1S/C16H18O2S/c17-15-5-6-16(14-4-2-1-3-13(14)15)19-11-12-7-9-18-10-8-12/h1-6,12,17H,7-11H2. The number of phenolic OH excluding ortho intramolecular Hbond substituents is 1. The van der Waals surface area contributed by atoms with Gasteiger partial charge in [-0.05, 0) is 36.3 Å². The Bertz CT molecular complexity index is 562. The van der Waals surface area contributed by atoms with Gasteiger partial charge in [0.25, 0.3) is 0 Å². The Hall–Kier alpha value is -1.19. The molecule has 3 rings (SSSR count). The molecular formula is C16H18O2S. The molecule has 3 heteroatoms. The van der Waals surface area contributed by atoms with Gasteiger partial charge in [0.2, 0.25) is 0 Å². The molecule has 0 spiro atoms. The van der Waals surface area contributed by atoms with Gasteiger partial charge in [0.05, 0.1) is 0 Å². The van der Waals surface area contributed by atoms with Crippen molar-refractivity contribution in [3.63, 3.8) is 0 Å².